The van der Waals surface area contributed by atoms with Gasteiger partial charge in [0.05, 0.1) is 13.3 Å². The zero-order valence-electron chi connectivity index (χ0n) is 11.5. The third-order valence-corrected chi connectivity index (χ3v) is 2.71. The summed E-state index contributed by atoms with van der Waals surface area (Å²) in [5, 5.41) is 3.13. The molecule has 0 fully saturated rings. The number of rotatable bonds is 6. The molecule has 0 aliphatic rings. The van der Waals surface area contributed by atoms with Crippen LogP contribution in [0.25, 0.3) is 0 Å². The standard InChI is InChI=1S/C15H17FN2O2/c1-3-17-9-11-7-12(16)10-18-15(11)20-14-6-4-5-13(8-14)19-2/h4-8,10,17H,3,9H2,1-2H3. The molecule has 0 unspecified atom stereocenters. The van der Waals surface area contributed by atoms with Crippen molar-refractivity contribution in [1.82, 2.24) is 10.3 Å². The topological polar surface area (TPSA) is 43.4 Å². The van der Waals surface area contributed by atoms with Gasteiger partial charge in [-0.25, -0.2) is 9.37 Å². The summed E-state index contributed by atoms with van der Waals surface area (Å²) in [6.45, 7) is 3.27. The first-order valence-corrected chi connectivity index (χ1v) is 6.40. The molecule has 4 nitrogen and oxygen atoms in total. The van der Waals surface area contributed by atoms with E-state index in [-0.39, 0.29) is 5.82 Å². The molecule has 0 atom stereocenters. The van der Waals surface area contributed by atoms with Gasteiger partial charge in [-0.3, -0.25) is 0 Å². The number of nitrogens with zero attached hydrogens (tertiary/aromatic N) is 1. The largest absolute Gasteiger partial charge is 0.497 e. The number of aromatic nitrogens is 1. The predicted octanol–water partition coefficient (Wildman–Crippen LogP) is 3.13. The Labute approximate surface area is 117 Å². The summed E-state index contributed by atoms with van der Waals surface area (Å²) >= 11 is 0. The van der Waals surface area contributed by atoms with Gasteiger partial charge in [-0.15, -0.1) is 0 Å². The van der Waals surface area contributed by atoms with E-state index in [2.05, 4.69) is 10.3 Å². The minimum absolute atomic E-state index is 0.379. The Morgan fingerprint density at radius 1 is 1.25 bits per heavy atom. The Hall–Kier alpha value is -2.14. The molecule has 0 saturated heterocycles. The molecule has 0 aliphatic heterocycles. The third kappa shape index (κ3) is 3.68. The Bertz CT molecular complexity index is 576. The van der Waals surface area contributed by atoms with Crippen LogP contribution < -0.4 is 14.8 Å². The smallest absolute Gasteiger partial charge is 0.223 e. The number of ether oxygens (including phenoxy) is 2. The fourth-order valence-electron chi connectivity index (χ4n) is 1.72. The minimum atomic E-state index is -0.379. The normalized spacial score (nSPS) is 10.3. The maximum Gasteiger partial charge on any atom is 0.223 e. The van der Waals surface area contributed by atoms with Gasteiger partial charge in [0.15, 0.2) is 0 Å². The number of methoxy groups -OCH3 is 1. The third-order valence-electron chi connectivity index (χ3n) is 2.71. The highest BCUT2D eigenvalue weighted by Gasteiger charge is 2.08. The predicted molar refractivity (Wildman–Crippen MR) is 74.6 cm³/mol. The van der Waals surface area contributed by atoms with Crippen molar-refractivity contribution in [3.05, 3.63) is 47.9 Å². The zero-order chi connectivity index (χ0) is 14.4. The van der Waals surface area contributed by atoms with Crippen LogP contribution in [-0.2, 0) is 6.54 Å². The molecule has 1 N–H and O–H groups in total. The average molecular weight is 276 g/mol. The number of halogens is 1. The van der Waals surface area contributed by atoms with Gasteiger partial charge in [0.2, 0.25) is 5.88 Å². The lowest BCUT2D eigenvalue weighted by molar-refractivity contribution is 0.406. The lowest BCUT2D eigenvalue weighted by Crippen LogP contribution is -2.13. The van der Waals surface area contributed by atoms with Crippen LogP contribution in [0.2, 0.25) is 0 Å². The summed E-state index contributed by atoms with van der Waals surface area (Å²) in [7, 11) is 1.59. The molecule has 0 aliphatic carbocycles. The van der Waals surface area contributed by atoms with Crippen molar-refractivity contribution in [2.45, 2.75) is 13.5 Å². The van der Waals surface area contributed by atoms with Crippen LogP contribution in [0, 0.1) is 5.82 Å². The first-order valence-electron chi connectivity index (χ1n) is 6.40. The van der Waals surface area contributed by atoms with E-state index in [1.165, 1.54) is 6.07 Å². The van der Waals surface area contributed by atoms with Crippen molar-refractivity contribution in [2.75, 3.05) is 13.7 Å². The quantitative estimate of drug-likeness (QED) is 0.880. The molecule has 0 saturated carbocycles. The van der Waals surface area contributed by atoms with E-state index in [9.17, 15) is 4.39 Å². The molecular formula is C15H17FN2O2. The Morgan fingerprint density at radius 3 is 2.80 bits per heavy atom. The molecule has 106 valence electrons. The summed E-state index contributed by atoms with van der Waals surface area (Å²) in [6.07, 6.45) is 1.14. The second-order valence-corrected chi connectivity index (χ2v) is 4.18. The van der Waals surface area contributed by atoms with Crippen molar-refractivity contribution >= 4 is 0 Å². The molecule has 0 bridgehead atoms. The first-order chi connectivity index (χ1) is 9.72. The molecule has 0 radical (unpaired) electrons. The van der Waals surface area contributed by atoms with E-state index in [1.54, 1.807) is 19.2 Å². The van der Waals surface area contributed by atoms with E-state index >= 15 is 0 Å². The second kappa shape index (κ2) is 6.86. The lowest BCUT2D eigenvalue weighted by atomic mass is 10.2. The number of benzene rings is 1. The Kier molecular flexibility index (Phi) is 4.90. The first kappa shape index (κ1) is 14.3. The maximum atomic E-state index is 13.3. The number of hydrogen-bond acceptors (Lipinski definition) is 4. The summed E-state index contributed by atoms with van der Waals surface area (Å²) < 4.78 is 24.1. The second-order valence-electron chi connectivity index (χ2n) is 4.18. The molecule has 0 amide bonds. The average Bonchev–Trinajstić information content (AvgIpc) is 2.47. The Morgan fingerprint density at radius 2 is 2.05 bits per heavy atom. The lowest BCUT2D eigenvalue weighted by Gasteiger charge is -2.11. The maximum absolute atomic E-state index is 13.3. The minimum Gasteiger partial charge on any atom is -0.497 e. The van der Waals surface area contributed by atoms with Gasteiger partial charge in [-0.1, -0.05) is 13.0 Å². The molecule has 5 heteroatoms. The van der Waals surface area contributed by atoms with Gasteiger partial charge in [-0.2, -0.15) is 0 Å². The fourth-order valence-corrected chi connectivity index (χ4v) is 1.72. The molecule has 1 aromatic carbocycles. The van der Waals surface area contributed by atoms with E-state index in [1.807, 2.05) is 19.1 Å². The summed E-state index contributed by atoms with van der Waals surface area (Å²) in [4.78, 5) is 4.00. The van der Waals surface area contributed by atoms with Crippen LogP contribution in [0.5, 0.6) is 17.4 Å². The highest BCUT2D eigenvalue weighted by Crippen LogP contribution is 2.26. The molecule has 0 spiro atoms. The van der Waals surface area contributed by atoms with Gasteiger partial charge in [0.1, 0.15) is 17.3 Å². The molecule has 2 aromatic rings. The SMILES string of the molecule is CCNCc1cc(F)cnc1Oc1cccc(OC)c1. The van der Waals surface area contributed by atoms with Crippen LogP contribution in [0.4, 0.5) is 4.39 Å². The summed E-state index contributed by atoms with van der Waals surface area (Å²) in [6, 6.07) is 8.62. The van der Waals surface area contributed by atoms with Gasteiger partial charge in [-0.05, 0) is 24.7 Å². The summed E-state index contributed by atoms with van der Waals surface area (Å²) in [5.74, 6) is 1.30. The molecule has 1 aromatic heterocycles. The van der Waals surface area contributed by atoms with E-state index in [0.717, 1.165) is 12.7 Å². The van der Waals surface area contributed by atoms with Crippen molar-refractivity contribution < 1.29 is 13.9 Å². The fraction of sp³-hybridized carbons (Fsp3) is 0.267. The van der Waals surface area contributed by atoms with Crippen molar-refractivity contribution in [1.29, 1.82) is 0 Å². The van der Waals surface area contributed by atoms with Gasteiger partial charge < -0.3 is 14.8 Å². The number of hydrogen-bond donors (Lipinski definition) is 1. The van der Waals surface area contributed by atoms with Crippen LogP contribution in [0.15, 0.2) is 36.5 Å². The van der Waals surface area contributed by atoms with E-state index in [0.29, 0.717) is 29.5 Å². The summed E-state index contributed by atoms with van der Waals surface area (Å²) in [5.41, 5.74) is 0.676. The van der Waals surface area contributed by atoms with E-state index in [4.69, 9.17) is 9.47 Å². The van der Waals surface area contributed by atoms with Crippen molar-refractivity contribution in [2.24, 2.45) is 0 Å². The van der Waals surface area contributed by atoms with Gasteiger partial charge >= 0.3 is 0 Å². The van der Waals surface area contributed by atoms with E-state index < -0.39 is 0 Å². The van der Waals surface area contributed by atoms with Crippen molar-refractivity contribution in [3.63, 3.8) is 0 Å². The zero-order valence-corrected chi connectivity index (χ0v) is 11.5. The highest BCUT2D eigenvalue weighted by atomic mass is 19.1. The van der Waals surface area contributed by atoms with Crippen LogP contribution in [-0.4, -0.2) is 18.6 Å². The Balaban J connectivity index is 2.22. The molecular weight excluding hydrogens is 259 g/mol. The monoisotopic (exact) mass is 276 g/mol. The van der Waals surface area contributed by atoms with Gasteiger partial charge in [0.25, 0.3) is 0 Å². The van der Waals surface area contributed by atoms with Gasteiger partial charge in [0, 0.05) is 18.2 Å². The number of nitrogens with one attached hydrogen (secondary N) is 1. The molecule has 20 heavy (non-hydrogen) atoms. The highest BCUT2D eigenvalue weighted by molar-refractivity contribution is 5.37. The number of pyridine rings is 1. The molecule has 2 rings (SSSR count). The van der Waals surface area contributed by atoms with Crippen LogP contribution in [0.1, 0.15) is 12.5 Å². The molecule has 1 heterocycles. The van der Waals surface area contributed by atoms with Crippen LogP contribution >= 0.6 is 0 Å². The van der Waals surface area contributed by atoms with Crippen molar-refractivity contribution in [3.8, 4) is 17.4 Å². The van der Waals surface area contributed by atoms with Crippen LogP contribution in [0.3, 0.4) is 0 Å².